The average Bonchev–Trinajstić information content (AvgIpc) is 2.65. The van der Waals surface area contributed by atoms with Crippen LogP contribution in [0.3, 0.4) is 0 Å². The first kappa shape index (κ1) is 12.3. The maximum atomic E-state index is 11.9. The summed E-state index contributed by atoms with van der Waals surface area (Å²) in [6, 6.07) is 0.175. The van der Waals surface area contributed by atoms with E-state index in [0.29, 0.717) is 6.54 Å². The van der Waals surface area contributed by atoms with Crippen LogP contribution in [0.2, 0.25) is 0 Å². The molecule has 2 amide bonds. The first-order valence-electron chi connectivity index (χ1n) is 5.76. The lowest BCUT2D eigenvalue weighted by Crippen LogP contribution is -2.56. The van der Waals surface area contributed by atoms with E-state index in [1.54, 1.807) is 4.90 Å². The summed E-state index contributed by atoms with van der Waals surface area (Å²) >= 11 is 0. The molecule has 0 heterocycles. The lowest BCUT2D eigenvalue weighted by Gasteiger charge is -2.38. The molecular formula is C11H23N3O. The van der Waals surface area contributed by atoms with Gasteiger partial charge in [0.2, 0.25) is 0 Å². The summed E-state index contributed by atoms with van der Waals surface area (Å²) in [7, 11) is 1.86. The molecule has 88 valence electrons. The second-order valence-corrected chi connectivity index (χ2v) is 4.80. The lowest BCUT2D eigenvalue weighted by molar-refractivity contribution is 0.139. The van der Waals surface area contributed by atoms with Crippen LogP contribution in [-0.2, 0) is 0 Å². The average molecular weight is 213 g/mol. The van der Waals surface area contributed by atoms with E-state index in [9.17, 15) is 4.79 Å². The fourth-order valence-corrected chi connectivity index (χ4v) is 2.27. The SMILES string of the molecule is CC(C)NC(=O)N(C)C1(CN)CCCC1. The van der Waals surface area contributed by atoms with Gasteiger partial charge in [0.05, 0.1) is 5.54 Å². The maximum Gasteiger partial charge on any atom is 0.317 e. The van der Waals surface area contributed by atoms with E-state index in [4.69, 9.17) is 5.73 Å². The zero-order valence-electron chi connectivity index (χ0n) is 10.0. The van der Waals surface area contributed by atoms with Gasteiger partial charge >= 0.3 is 6.03 Å². The largest absolute Gasteiger partial charge is 0.336 e. The van der Waals surface area contributed by atoms with Crippen LogP contribution in [0, 0.1) is 0 Å². The van der Waals surface area contributed by atoms with Gasteiger partial charge < -0.3 is 16.0 Å². The molecular weight excluding hydrogens is 190 g/mol. The molecule has 1 saturated carbocycles. The van der Waals surface area contributed by atoms with Gasteiger partial charge in [-0.1, -0.05) is 12.8 Å². The van der Waals surface area contributed by atoms with Gasteiger partial charge in [-0.3, -0.25) is 0 Å². The zero-order valence-corrected chi connectivity index (χ0v) is 10.0. The Morgan fingerprint density at radius 3 is 2.40 bits per heavy atom. The van der Waals surface area contributed by atoms with E-state index >= 15 is 0 Å². The monoisotopic (exact) mass is 213 g/mol. The quantitative estimate of drug-likeness (QED) is 0.742. The van der Waals surface area contributed by atoms with Crippen LogP contribution in [-0.4, -0.2) is 36.1 Å². The standard InChI is InChI=1S/C11H23N3O/c1-9(2)13-10(15)14(3)11(8-12)6-4-5-7-11/h9H,4-8,12H2,1-3H3,(H,13,15). The van der Waals surface area contributed by atoms with Crippen molar-refractivity contribution in [3.05, 3.63) is 0 Å². The number of urea groups is 1. The van der Waals surface area contributed by atoms with Gasteiger partial charge in [-0.15, -0.1) is 0 Å². The summed E-state index contributed by atoms with van der Waals surface area (Å²) in [4.78, 5) is 13.7. The molecule has 1 fully saturated rings. The van der Waals surface area contributed by atoms with Gasteiger partial charge in [-0.05, 0) is 26.7 Å². The second kappa shape index (κ2) is 4.84. The minimum atomic E-state index is -0.0982. The summed E-state index contributed by atoms with van der Waals surface area (Å²) < 4.78 is 0. The Bertz CT molecular complexity index is 222. The van der Waals surface area contributed by atoms with Crippen molar-refractivity contribution >= 4 is 6.03 Å². The van der Waals surface area contributed by atoms with Crippen molar-refractivity contribution in [1.29, 1.82) is 0 Å². The zero-order chi connectivity index (χ0) is 11.5. The molecule has 0 bridgehead atoms. The summed E-state index contributed by atoms with van der Waals surface area (Å²) in [5.74, 6) is 0. The van der Waals surface area contributed by atoms with Crippen LogP contribution in [0.5, 0.6) is 0 Å². The van der Waals surface area contributed by atoms with Gasteiger partial charge in [0, 0.05) is 19.6 Å². The fraction of sp³-hybridized carbons (Fsp3) is 0.909. The molecule has 0 aromatic carbocycles. The van der Waals surface area contributed by atoms with Crippen molar-refractivity contribution < 1.29 is 4.79 Å². The van der Waals surface area contributed by atoms with E-state index in [1.807, 2.05) is 20.9 Å². The molecule has 0 aliphatic heterocycles. The Hall–Kier alpha value is -0.770. The molecule has 0 spiro atoms. The van der Waals surface area contributed by atoms with Crippen LogP contribution in [0.25, 0.3) is 0 Å². The maximum absolute atomic E-state index is 11.9. The number of nitrogens with one attached hydrogen (secondary N) is 1. The van der Waals surface area contributed by atoms with Crippen LogP contribution in [0.1, 0.15) is 39.5 Å². The summed E-state index contributed by atoms with van der Waals surface area (Å²) in [6.45, 7) is 4.50. The molecule has 1 aliphatic rings. The summed E-state index contributed by atoms with van der Waals surface area (Å²) in [5.41, 5.74) is 5.72. The van der Waals surface area contributed by atoms with Gasteiger partial charge in [0.25, 0.3) is 0 Å². The second-order valence-electron chi connectivity index (χ2n) is 4.80. The highest BCUT2D eigenvalue weighted by atomic mass is 16.2. The predicted molar refractivity (Wildman–Crippen MR) is 61.7 cm³/mol. The van der Waals surface area contributed by atoms with Crippen LogP contribution < -0.4 is 11.1 Å². The van der Waals surface area contributed by atoms with Gasteiger partial charge in [-0.25, -0.2) is 4.79 Å². The van der Waals surface area contributed by atoms with Gasteiger partial charge in [0.15, 0.2) is 0 Å². The summed E-state index contributed by atoms with van der Waals surface area (Å²) in [6.07, 6.45) is 4.42. The Labute approximate surface area is 92.2 Å². The number of nitrogens with two attached hydrogens (primary N) is 1. The van der Waals surface area contributed by atoms with Crippen LogP contribution in [0.15, 0.2) is 0 Å². The highest BCUT2D eigenvalue weighted by Gasteiger charge is 2.38. The van der Waals surface area contributed by atoms with Crippen molar-refractivity contribution in [3.63, 3.8) is 0 Å². The van der Waals surface area contributed by atoms with Crippen LogP contribution >= 0.6 is 0 Å². The van der Waals surface area contributed by atoms with Crippen molar-refractivity contribution in [1.82, 2.24) is 10.2 Å². The van der Waals surface area contributed by atoms with Crippen LogP contribution in [0.4, 0.5) is 4.79 Å². The Morgan fingerprint density at radius 2 is 2.00 bits per heavy atom. The normalized spacial score (nSPS) is 19.3. The van der Waals surface area contributed by atoms with E-state index in [2.05, 4.69) is 5.32 Å². The molecule has 0 saturated heterocycles. The molecule has 4 heteroatoms. The molecule has 1 rings (SSSR count). The highest BCUT2D eigenvalue weighted by Crippen LogP contribution is 2.33. The van der Waals surface area contributed by atoms with E-state index in [0.717, 1.165) is 12.8 Å². The van der Waals surface area contributed by atoms with E-state index in [-0.39, 0.29) is 17.6 Å². The number of hydrogen-bond acceptors (Lipinski definition) is 2. The third kappa shape index (κ3) is 2.62. The van der Waals surface area contributed by atoms with Gasteiger partial charge in [0.1, 0.15) is 0 Å². The highest BCUT2D eigenvalue weighted by molar-refractivity contribution is 5.75. The smallest absolute Gasteiger partial charge is 0.317 e. The first-order chi connectivity index (χ1) is 7.02. The molecule has 0 atom stereocenters. The minimum Gasteiger partial charge on any atom is -0.336 e. The van der Waals surface area contributed by atoms with Crippen molar-refractivity contribution in [2.24, 2.45) is 5.73 Å². The number of likely N-dealkylation sites (N-methyl/N-ethyl adjacent to an activating group) is 1. The molecule has 0 radical (unpaired) electrons. The number of carbonyl (C=O) groups is 1. The number of carbonyl (C=O) groups excluding carboxylic acids is 1. The number of rotatable bonds is 3. The molecule has 1 aliphatic carbocycles. The molecule has 3 N–H and O–H groups in total. The number of nitrogens with zero attached hydrogens (tertiary/aromatic N) is 1. The van der Waals surface area contributed by atoms with E-state index < -0.39 is 0 Å². The van der Waals surface area contributed by atoms with E-state index in [1.165, 1.54) is 12.8 Å². The molecule has 0 unspecified atom stereocenters. The molecule has 4 nitrogen and oxygen atoms in total. The third-order valence-corrected chi connectivity index (χ3v) is 3.34. The van der Waals surface area contributed by atoms with Crippen molar-refractivity contribution in [2.75, 3.05) is 13.6 Å². The number of hydrogen-bond donors (Lipinski definition) is 2. The topological polar surface area (TPSA) is 58.4 Å². The number of amides is 2. The third-order valence-electron chi connectivity index (χ3n) is 3.34. The fourth-order valence-electron chi connectivity index (χ4n) is 2.27. The Kier molecular flexibility index (Phi) is 3.97. The lowest BCUT2D eigenvalue weighted by atomic mass is 9.96. The molecule has 15 heavy (non-hydrogen) atoms. The Balaban J connectivity index is 2.64. The molecule has 0 aromatic rings. The first-order valence-corrected chi connectivity index (χ1v) is 5.76. The minimum absolute atomic E-state index is 0.00245. The Morgan fingerprint density at radius 1 is 1.47 bits per heavy atom. The predicted octanol–water partition coefficient (Wildman–Crippen LogP) is 1.31. The van der Waals surface area contributed by atoms with Gasteiger partial charge in [-0.2, -0.15) is 0 Å². The van der Waals surface area contributed by atoms with Crippen molar-refractivity contribution in [3.8, 4) is 0 Å². The summed E-state index contributed by atoms with van der Waals surface area (Å²) in [5, 5.41) is 2.91. The molecule has 0 aromatic heterocycles. The van der Waals surface area contributed by atoms with Crippen molar-refractivity contribution in [2.45, 2.75) is 51.1 Å².